The first-order valence-electron chi connectivity index (χ1n) is 5.93. The molecule has 0 spiro atoms. The highest BCUT2D eigenvalue weighted by atomic mass is 28.3. The molecule has 3 nitrogen and oxygen atoms in total. The van der Waals surface area contributed by atoms with Crippen LogP contribution in [0.1, 0.15) is 20.8 Å². The Morgan fingerprint density at radius 1 is 1.06 bits per heavy atom. The fourth-order valence-electron chi connectivity index (χ4n) is 1.24. The molecule has 0 aliphatic rings. The first-order chi connectivity index (χ1) is 7.88. The van der Waals surface area contributed by atoms with Crippen LogP contribution in [-0.4, -0.2) is 21.8 Å². The van der Waals surface area contributed by atoms with Crippen molar-refractivity contribution in [1.82, 2.24) is 0 Å². The molecule has 0 aromatic heterocycles. The van der Waals surface area contributed by atoms with Crippen molar-refractivity contribution in [3.8, 4) is 0 Å². The number of hydrogen-bond donors (Lipinski definition) is 0. The van der Waals surface area contributed by atoms with Crippen molar-refractivity contribution < 1.29 is 14.0 Å². The minimum absolute atomic E-state index is 0.275. The summed E-state index contributed by atoms with van der Waals surface area (Å²) < 4.78 is 11.2. The quantitative estimate of drug-likeness (QED) is 0.456. The van der Waals surface area contributed by atoms with Crippen LogP contribution < -0.4 is 5.46 Å². The van der Waals surface area contributed by atoms with Gasteiger partial charge in [0.05, 0.1) is 0 Å². The zero-order valence-corrected chi connectivity index (χ0v) is 12.4. The van der Waals surface area contributed by atoms with Gasteiger partial charge in [0.25, 0.3) is 0 Å². The van der Waals surface area contributed by atoms with Gasteiger partial charge in [-0.15, -0.1) is 0 Å². The molecule has 0 N–H and O–H groups in total. The lowest BCUT2D eigenvalue weighted by atomic mass is 9.78. The molecule has 0 fully saturated rings. The fraction of sp³-hybridized carbons (Fsp3) is 0.500. The first kappa shape index (κ1) is 14.4. The lowest BCUT2D eigenvalue weighted by Gasteiger charge is -2.25. The van der Waals surface area contributed by atoms with E-state index in [9.17, 15) is 0 Å². The normalized spacial score (nSPS) is 11.9. The largest absolute Gasteiger partial charge is 0.524 e. The predicted molar refractivity (Wildman–Crippen MR) is 73.7 cm³/mol. The van der Waals surface area contributed by atoms with Crippen molar-refractivity contribution in [2.75, 3.05) is 0 Å². The predicted octanol–water partition coefficient (Wildman–Crippen LogP) is 2.13. The third-order valence-corrected chi connectivity index (χ3v) is 2.36. The summed E-state index contributed by atoms with van der Waals surface area (Å²) in [5, 5.41) is 0. The minimum atomic E-state index is -1.22. The first-order valence-corrected chi connectivity index (χ1v) is 8.71. The summed E-state index contributed by atoms with van der Waals surface area (Å²) in [6.07, 6.45) is 0. The monoisotopic (exact) mass is 252 g/mol. The molecule has 0 bridgehead atoms. The van der Waals surface area contributed by atoms with Gasteiger partial charge in [-0.3, -0.25) is 4.81 Å². The van der Waals surface area contributed by atoms with Crippen LogP contribution in [0, 0.1) is 0 Å². The molecule has 0 saturated carbocycles. The van der Waals surface area contributed by atoms with Crippen LogP contribution in [0.5, 0.6) is 0 Å². The van der Waals surface area contributed by atoms with Crippen LogP contribution in [0.3, 0.4) is 0 Å². The molecular weight excluding hydrogens is 231 g/mol. The van der Waals surface area contributed by atoms with E-state index in [0.29, 0.717) is 0 Å². The van der Waals surface area contributed by atoms with Gasteiger partial charge in [-0.1, -0.05) is 30.3 Å². The highest BCUT2D eigenvalue weighted by Crippen LogP contribution is 2.10. The second-order valence-electron chi connectivity index (χ2n) is 5.21. The minimum Gasteiger partial charge on any atom is -0.401 e. The molecule has 0 unspecified atom stereocenters. The van der Waals surface area contributed by atoms with Crippen LogP contribution in [0.25, 0.3) is 0 Å². The topological polar surface area (TPSA) is 27.7 Å². The Kier molecular flexibility index (Phi) is 5.40. The van der Waals surface area contributed by atoms with E-state index >= 15 is 0 Å². The Morgan fingerprint density at radius 2 is 1.65 bits per heavy atom. The maximum absolute atomic E-state index is 5.85. The molecule has 0 amide bonds. The van der Waals surface area contributed by atoms with Gasteiger partial charge < -0.3 is 9.23 Å². The van der Waals surface area contributed by atoms with E-state index in [0.717, 1.165) is 5.46 Å². The fourth-order valence-corrected chi connectivity index (χ4v) is 1.56. The smallest absolute Gasteiger partial charge is 0.401 e. The van der Waals surface area contributed by atoms with Gasteiger partial charge in [0.2, 0.25) is 9.04 Å². The van der Waals surface area contributed by atoms with Crippen LogP contribution in [0.15, 0.2) is 30.3 Å². The van der Waals surface area contributed by atoms with E-state index in [1.165, 1.54) is 0 Å². The van der Waals surface area contributed by atoms with Crippen LogP contribution >= 0.6 is 0 Å². The van der Waals surface area contributed by atoms with Crippen molar-refractivity contribution in [2.45, 2.75) is 39.5 Å². The van der Waals surface area contributed by atoms with E-state index in [1.54, 1.807) is 0 Å². The maximum Gasteiger partial charge on any atom is 0.524 e. The highest BCUT2D eigenvalue weighted by Gasteiger charge is 2.28. The summed E-state index contributed by atoms with van der Waals surface area (Å²) in [7, 11) is -1.69. The molecule has 1 rings (SSSR count). The highest BCUT2D eigenvalue weighted by molar-refractivity contribution is 6.61. The summed E-state index contributed by atoms with van der Waals surface area (Å²) in [6.45, 7) is 10.1. The third kappa shape index (κ3) is 6.02. The van der Waals surface area contributed by atoms with Crippen LogP contribution in [0.2, 0.25) is 13.1 Å². The van der Waals surface area contributed by atoms with Crippen molar-refractivity contribution in [3.05, 3.63) is 30.3 Å². The Hall–Kier alpha value is -0.618. The summed E-state index contributed by atoms with van der Waals surface area (Å²) in [6, 6.07) is 9.84. The maximum atomic E-state index is 5.85. The van der Waals surface area contributed by atoms with Gasteiger partial charge in [0, 0.05) is 5.60 Å². The molecule has 0 aliphatic heterocycles. The molecular formula is C12H21BO3Si. The third-order valence-electron chi connectivity index (χ3n) is 1.87. The average Bonchev–Trinajstić information content (AvgIpc) is 2.24. The van der Waals surface area contributed by atoms with Gasteiger partial charge in [-0.2, -0.15) is 0 Å². The van der Waals surface area contributed by atoms with E-state index in [2.05, 4.69) is 13.1 Å². The van der Waals surface area contributed by atoms with Gasteiger partial charge in [0.15, 0.2) is 0 Å². The lowest BCUT2D eigenvalue weighted by Crippen LogP contribution is -2.43. The number of rotatable bonds is 5. The van der Waals surface area contributed by atoms with E-state index in [-0.39, 0.29) is 5.60 Å². The molecule has 5 heteroatoms. The molecule has 0 heterocycles. The van der Waals surface area contributed by atoms with Crippen molar-refractivity contribution in [1.29, 1.82) is 0 Å². The molecule has 0 radical (unpaired) electrons. The Balaban J connectivity index is 2.72. The van der Waals surface area contributed by atoms with Gasteiger partial charge in [0.1, 0.15) is 0 Å². The summed E-state index contributed by atoms with van der Waals surface area (Å²) in [4.78, 5) is 5.41. The Morgan fingerprint density at radius 3 is 2.12 bits per heavy atom. The molecule has 0 aliphatic carbocycles. The lowest BCUT2D eigenvalue weighted by molar-refractivity contribution is -0.134. The van der Waals surface area contributed by atoms with E-state index in [1.807, 2.05) is 51.1 Å². The van der Waals surface area contributed by atoms with Gasteiger partial charge in [-0.25, -0.2) is 0 Å². The Labute approximate surface area is 106 Å². The van der Waals surface area contributed by atoms with Crippen molar-refractivity contribution >= 4 is 21.6 Å². The summed E-state index contributed by atoms with van der Waals surface area (Å²) >= 11 is 0. The molecule has 94 valence electrons. The van der Waals surface area contributed by atoms with Crippen molar-refractivity contribution in [2.24, 2.45) is 0 Å². The van der Waals surface area contributed by atoms with Gasteiger partial charge in [-0.05, 0) is 39.3 Å². The van der Waals surface area contributed by atoms with Gasteiger partial charge >= 0.3 is 7.12 Å². The average molecular weight is 252 g/mol. The molecule has 0 saturated heterocycles. The van der Waals surface area contributed by atoms with Crippen molar-refractivity contribution in [3.63, 3.8) is 0 Å². The standard InChI is InChI=1S/C12H21BO3Si/c1-12(2,3)14-13(15-16-17(4)5)11-9-7-6-8-10-11/h6-10,17H,1-5H3. The summed E-state index contributed by atoms with van der Waals surface area (Å²) in [5.74, 6) is 0. The zero-order valence-electron chi connectivity index (χ0n) is 11.3. The second kappa shape index (κ2) is 6.35. The molecule has 17 heavy (non-hydrogen) atoms. The Bertz CT molecular complexity index is 324. The molecule has 1 aromatic rings. The summed E-state index contributed by atoms with van der Waals surface area (Å²) in [5.41, 5.74) is 0.694. The second-order valence-corrected chi connectivity index (χ2v) is 7.50. The van der Waals surface area contributed by atoms with Crippen LogP contribution in [0.4, 0.5) is 0 Å². The van der Waals surface area contributed by atoms with E-state index < -0.39 is 16.2 Å². The zero-order chi connectivity index (χ0) is 12.9. The number of benzene rings is 1. The molecule has 1 aromatic carbocycles. The van der Waals surface area contributed by atoms with Crippen LogP contribution in [-0.2, 0) is 14.0 Å². The molecule has 0 atom stereocenters. The van der Waals surface area contributed by atoms with E-state index in [4.69, 9.17) is 14.0 Å². The SMILES string of the molecule is C[SiH](C)OOB(OC(C)(C)C)c1ccccc1. The number of hydrogen-bond acceptors (Lipinski definition) is 3.